The summed E-state index contributed by atoms with van der Waals surface area (Å²) in [6.45, 7) is 4.80. The zero-order valence-corrected chi connectivity index (χ0v) is 8.86. The first-order valence-electron chi connectivity index (χ1n) is 4.69. The van der Waals surface area contributed by atoms with Crippen molar-refractivity contribution in [1.82, 2.24) is 0 Å². The van der Waals surface area contributed by atoms with Gasteiger partial charge in [0.2, 0.25) is 6.10 Å². The number of cyclic esters (lactones) is 1. The molecule has 0 spiro atoms. The number of carbonyl (C=O) groups is 3. The summed E-state index contributed by atoms with van der Waals surface area (Å²) in [5, 5.41) is 0. The third kappa shape index (κ3) is 3.38. The van der Waals surface area contributed by atoms with Gasteiger partial charge in [0, 0.05) is 5.57 Å². The predicted octanol–water partition coefficient (Wildman–Crippen LogP) is -0.0356. The Morgan fingerprint density at radius 2 is 2.00 bits per heavy atom. The second-order valence-corrected chi connectivity index (χ2v) is 3.27. The van der Waals surface area contributed by atoms with Crippen LogP contribution >= 0.6 is 0 Å². The van der Waals surface area contributed by atoms with Crippen molar-refractivity contribution in [3.63, 3.8) is 0 Å². The van der Waals surface area contributed by atoms with Crippen LogP contribution in [0.25, 0.3) is 0 Å². The highest BCUT2D eigenvalue weighted by molar-refractivity contribution is 5.89. The molecule has 0 aromatic carbocycles. The van der Waals surface area contributed by atoms with Crippen molar-refractivity contribution in [2.75, 3.05) is 13.2 Å². The Labute approximate surface area is 92.2 Å². The summed E-state index contributed by atoms with van der Waals surface area (Å²) < 4.78 is 13.9. The SMILES string of the molecule is C=C(C)C(=O)OCCOC(=O)C1CC(=O)O1. The third-order valence-corrected chi connectivity index (χ3v) is 1.80. The molecule has 0 radical (unpaired) electrons. The Hall–Kier alpha value is -1.85. The Morgan fingerprint density at radius 1 is 1.44 bits per heavy atom. The van der Waals surface area contributed by atoms with Gasteiger partial charge in [0.25, 0.3) is 0 Å². The maximum absolute atomic E-state index is 11.1. The number of hydrogen-bond donors (Lipinski definition) is 0. The molecule has 1 heterocycles. The summed E-state index contributed by atoms with van der Waals surface area (Å²) in [5.74, 6) is -1.58. The van der Waals surface area contributed by atoms with Crippen LogP contribution in [-0.2, 0) is 28.6 Å². The first kappa shape index (κ1) is 12.2. The Bertz CT molecular complexity index is 324. The molecule has 16 heavy (non-hydrogen) atoms. The van der Waals surface area contributed by atoms with E-state index in [2.05, 4.69) is 16.1 Å². The molecule has 0 bridgehead atoms. The third-order valence-electron chi connectivity index (χ3n) is 1.80. The molecule has 0 saturated carbocycles. The van der Waals surface area contributed by atoms with E-state index in [1.807, 2.05) is 0 Å². The molecule has 1 unspecified atom stereocenters. The van der Waals surface area contributed by atoms with Gasteiger partial charge in [-0.2, -0.15) is 0 Å². The molecule has 1 atom stereocenters. The molecule has 6 heteroatoms. The fourth-order valence-electron chi connectivity index (χ4n) is 0.925. The summed E-state index contributed by atoms with van der Waals surface area (Å²) in [6.07, 6.45) is -0.756. The lowest BCUT2D eigenvalue weighted by Crippen LogP contribution is -2.40. The number of hydrogen-bond acceptors (Lipinski definition) is 6. The first-order chi connectivity index (χ1) is 7.50. The summed E-state index contributed by atoms with van der Waals surface area (Å²) in [7, 11) is 0. The smallest absolute Gasteiger partial charge is 0.348 e. The van der Waals surface area contributed by atoms with Gasteiger partial charge in [-0.15, -0.1) is 0 Å². The summed E-state index contributed by atoms with van der Waals surface area (Å²) in [4.78, 5) is 32.4. The summed E-state index contributed by atoms with van der Waals surface area (Å²) in [6, 6.07) is 0. The molecule has 1 fully saturated rings. The number of ether oxygens (including phenoxy) is 3. The van der Waals surface area contributed by atoms with Crippen molar-refractivity contribution in [3.8, 4) is 0 Å². The lowest BCUT2D eigenvalue weighted by atomic mass is 10.2. The average molecular weight is 228 g/mol. The van der Waals surface area contributed by atoms with Crippen LogP contribution in [0.4, 0.5) is 0 Å². The van der Waals surface area contributed by atoms with E-state index in [4.69, 9.17) is 4.74 Å². The fraction of sp³-hybridized carbons (Fsp3) is 0.500. The van der Waals surface area contributed by atoms with Gasteiger partial charge >= 0.3 is 17.9 Å². The summed E-state index contributed by atoms with van der Waals surface area (Å²) in [5.41, 5.74) is 0.277. The minimum Gasteiger partial charge on any atom is -0.459 e. The monoisotopic (exact) mass is 228 g/mol. The molecule has 0 aromatic rings. The van der Waals surface area contributed by atoms with Crippen molar-refractivity contribution in [1.29, 1.82) is 0 Å². The Morgan fingerprint density at radius 3 is 2.50 bits per heavy atom. The second-order valence-electron chi connectivity index (χ2n) is 3.27. The van der Waals surface area contributed by atoms with E-state index >= 15 is 0 Å². The van der Waals surface area contributed by atoms with Gasteiger partial charge in [-0.3, -0.25) is 4.79 Å². The number of carbonyl (C=O) groups excluding carboxylic acids is 3. The molecule has 1 rings (SSSR count). The molecule has 6 nitrogen and oxygen atoms in total. The number of esters is 3. The zero-order valence-electron chi connectivity index (χ0n) is 8.86. The van der Waals surface area contributed by atoms with Crippen molar-refractivity contribution >= 4 is 17.9 Å². The standard InChI is InChI=1S/C10H12O6/c1-6(2)9(12)14-3-4-15-10(13)7-5-8(11)16-7/h7H,1,3-5H2,2H3. The predicted molar refractivity (Wildman–Crippen MR) is 51.2 cm³/mol. The molecular formula is C10H12O6. The topological polar surface area (TPSA) is 78.9 Å². The van der Waals surface area contributed by atoms with Crippen molar-refractivity contribution in [2.45, 2.75) is 19.4 Å². The summed E-state index contributed by atoms with van der Waals surface area (Å²) >= 11 is 0. The second kappa shape index (κ2) is 5.29. The van der Waals surface area contributed by atoms with Crippen molar-refractivity contribution in [2.24, 2.45) is 0 Å². The minimum atomic E-state index is -0.802. The fourth-order valence-corrected chi connectivity index (χ4v) is 0.925. The zero-order chi connectivity index (χ0) is 12.1. The van der Waals surface area contributed by atoms with Gasteiger partial charge in [-0.25, -0.2) is 9.59 Å². The quantitative estimate of drug-likeness (QED) is 0.284. The van der Waals surface area contributed by atoms with Gasteiger partial charge in [0.15, 0.2) is 0 Å². The lowest BCUT2D eigenvalue weighted by molar-refractivity contribution is -0.186. The maximum Gasteiger partial charge on any atom is 0.348 e. The normalized spacial score (nSPS) is 18.1. The van der Waals surface area contributed by atoms with Crippen LogP contribution in [0, 0.1) is 0 Å². The van der Waals surface area contributed by atoms with Crippen LogP contribution in [-0.4, -0.2) is 37.2 Å². The van der Waals surface area contributed by atoms with Crippen LogP contribution < -0.4 is 0 Å². The van der Waals surface area contributed by atoms with E-state index in [1.54, 1.807) is 0 Å². The van der Waals surface area contributed by atoms with E-state index in [0.717, 1.165) is 0 Å². The molecule has 1 aliphatic heterocycles. The molecule has 0 aromatic heterocycles. The number of rotatable bonds is 5. The minimum absolute atomic E-state index is 0.0436. The van der Waals surface area contributed by atoms with Gasteiger partial charge in [-0.05, 0) is 6.92 Å². The molecule has 1 aliphatic rings. The highest BCUT2D eigenvalue weighted by atomic mass is 16.6. The largest absolute Gasteiger partial charge is 0.459 e. The van der Waals surface area contributed by atoms with Gasteiger partial charge in [-0.1, -0.05) is 6.58 Å². The van der Waals surface area contributed by atoms with Crippen molar-refractivity contribution < 1.29 is 28.6 Å². The van der Waals surface area contributed by atoms with E-state index in [-0.39, 0.29) is 25.2 Å². The van der Waals surface area contributed by atoms with Gasteiger partial charge < -0.3 is 14.2 Å². The highest BCUT2D eigenvalue weighted by Crippen LogP contribution is 2.14. The van der Waals surface area contributed by atoms with E-state index in [1.165, 1.54) is 6.92 Å². The molecule has 0 N–H and O–H groups in total. The Balaban J connectivity index is 2.07. The van der Waals surface area contributed by atoms with Crippen LogP contribution in [0.1, 0.15) is 13.3 Å². The first-order valence-corrected chi connectivity index (χ1v) is 4.69. The Kier molecular flexibility index (Phi) is 4.04. The highest BCUT2D eigenvalue weighted by Gasteiger charge is 2.36. The van der Waals surface area contributed by atoms with E-state index in [9.17, 15) is 14.4 Å². The van der Waals surface area contributed by atoms with Crippen molar-refractivity contribution in [3.05, 3.63) is 12.2 Å². The molecule has 0 aliphatic carbocycles. The van der Waals surface area contributed by atoms with Crippen LogP contribution in [0.3, 0.4) is 0 Å². The van der Waals surface area contributed by atoms with E-state index in [0.29, 0.717) is 0 Å². The van der Waals surface area contributed by atoms with Crippen LogP contribution in [0.5, 0.6) is 0 Å². The molecule has 88 valence electrons. The lowest BCUT2D eigenvalue weighted by Gasteiger charge is -2.23. The molecule has 1 saturated heterocycles. The van der Waals surface area contributed by atoms with Crippen LogP contribution in [0.2, 0.25) is 0 Å². The van der Waals surface area contributed by atoms with Gasteiger partial charge in [0.05, 0.1) is 6.42 Å². The average Bonchev–Trinajstić information content (AvgIpc) is 2.18. The molecular weight excluding hydrogens is 216 g/mol. The molecule has 0 amide bonds. The maximum atomic E-state index is 11.1. The van der Waals surface area contributed by atoms with Crippen LogP contribution in [0.15, 0.2) is 12.2 Å². The van der Waals surface area contributed by atoms with Gasteiger partial charge in [0.1, 0.15) is 13.2 Å². The van der Waals surface area contributed by atoms with E-state index < -0.39 is 24.0 Å².